The van der Waals surface area contributed by atoms with Crippen LogP contribution in [-0.2, 0) is 6.54 Å². The standard InChI is InChI=1S/C17H18N4O2S/c1-12-19-15(11-24-12)16-8-13(10-23-16)17(22)21-7-2-4-14(21)9-20-6-3-5-18-20/h3,5-6,8,10-11,14H,2,4,7,9H2,1H3. The zero-order valence-corrected chi connectivity index (χ0v) is 14.2. The molecule has 0 aliphatic carbocycles. The summed E-state index contributed by atoms with van der Waals surface area (Å²) in [6, 6.07) is 3.87. The molecule has 3 aromatic heterocycles. The first kappa shape index (κ1) is 15.1. The molecule has 0 N–H and O–H groups in total. The number of hydrogen-bond donors (Lipinski definition) is 0. The van der Waals surface area contributed by atoms with Crippen LogP contribution in [0.3, 0.4) is 0 Å². The summed E-state index contributed by atoms with van der Waals surface area (Å²) in [6.45, 7) is 3.46. The smallest absolute Gasteiger partial charge is 0.257 e. The Balaban J connectivity index is 1.51. The fraction of sp³-hybridized carbons (Fsp3) is 0.353. The van der Waals surface area contributed by atoms with Gasteiger partial charge in [0.1, 0.15) is 12.0 Å². The molecule has 1 aliphatic rings. The number of hydrogen-bond acceptors (Lipinski definition) is 5. The number of amides is 1. The number of nitrogens with zero attached hydrogens (tertiary/aromatic N) is 4. The normalized spacial score (nSPS) is 17.5. The minimum Gasteiger partial charge on any atom is -0.462 e. The topological polar surface area (TPSA) is 64.2 Å². The summed E-state index contributed by atoms with van der Waals surface area (Å²) < 4.78 is 7.45. The van der Waals surface area contributed by atoms with Gasteiger partial charge in [-0.15, -0.1) is 11.3 Å². The van der Waals surface area contributed by atoms with Crippen molar-refractivity contribution in [2.45, 2.75) is 32.4 Å². The van der Waals surface area contributed by atoms with Gasteiger partial charge >= 0.3 is 0 Å². The zero-order valence-electron chi connectivity index (χ0n) is 13.4. The van der Waals surface area contributed by atoms with Crippen LogP contribution in [-0.4, -0.2) is 38.2 Å². The zero-order chi connectivity index (χ0) is 16.5. The van der Waals surface area contributed by atoms with Crippen LogP contribution in [0.5, 0.6) is 0 Å². The first-order chi connectivity index (χ1) is 11.7. The van der Waals surface area contributed by atoms with Gasteiger partial charge in [-0.25, -0.2) is 4.98 Å². The van der Waals surface area contributed by atoms with Crippen LogP contribution >= 0.6 is 11.3 Å². The molecule has 4 rings (SSSR count). The molecule has 1 amide bonds. The lowest BCUT2D eigenvalue weighted by Crippen LogP contribution is -2.38. The molecule has 6 nitrogen and oxygen atoms in total. The van der Waals surface area contributed by atoms with Crippen molar-refractivity contribution in [3.05, 3.63) is 46.7 Å². The van der Waals surface area contributed by atoms with Gasteiger partial charge in [-0.1, -0.05) is 0 Å². The van der Waals surface area contributed by atoms with E-state index in [1.807, 2.05) is 34.1 Å². The number of carbonyl (C=O) groups is 1. The Morgan fingerprint density at radius 2 is 2.42 bits per heavy atom. The SMILES string of the molecule is Cc1nc(-c2cc(C(=O)N3CCCC3Cn3cccn3)co2)cs1. The van der Waals surface area contributed by atoms with Crippen molar-refractivity contribution in [2.75, 3.05) is 6.54 Å². The second-order valence-corrected chi connectivity index (χ2v) is 7.04. The maximum absolute atomic E-state index is 12.9. The van der Waals surface area contributed by atoms with E-state index in [-0.39, 0.29) is 11.9 Å². The maximum atomic E-state index is 12.9. The molecule has 1 atom stereocenters. The number of furan rings is 1. The van der Waals surface area contributed by atoms with E-state index in [1.54, 1.807) is 23.6 Å². The average molecular weight is 342 g/mol. The van der Waals surface area contributed by atoms with Crippen LogP contribution in [0.25, 0.3) is 11.5 Å². The van der Waals surface area contributed by atoms with E-state index in [0.29, 0.717) is 11.3 Å². The van der Waals surface area contributed by atoms with E-state index >= 15 is 0 Å². The molecule has 1 aliphatic heterocycles. The van der Waals surface area contributed by atoms with Crippen molar-refractivity contribution in [1.29, 1.82) is 0 Å². The third-order valence-electron chi connectivity index (χ3n) is 4.31. The Hall–Kier alpha value is -2.41. The summed E-state index contributed by atoms with van der Waals surface area (Å²) in [5.74, 6) is 0.664. The first-order valence-electron chi connectivity index (χ1n) is 8.00. The number of aryl methyl sites for hydroxylation is 1. The van der Waals surface area contributed by atoms with Gasteiger partial charge < -0.3 is 9.32 Å². The first-order valence-corrected chi connectivity index (χ1v) is 8.88. The van der Waals surface area contributed by atoms with Crippen molar-refractivity contribution in [2.24, 2.45) is 0 Å². The Bertz CT molecular complexity index is 837. The van der Waals surface area contributed by atoms with Gasteiger partial charge in [-0.2, -0.15) is 5.10 Å². The Morgan fingerprint density at radius 3 is 3.17 bits per heavy atom. The molecule has 0 radical (unpaired) electrons. The predicted molar refractivity (Wildman–Crippen MR) is 90.8 cm³/mol. The number of carbonyl (C=O) groups excluding carboxylic acids is 1. The second kappa shape index (κ2) is 6.24. The van der Waals surface area contributed by atoms with Gasteiger partial charge in [0.25, 0.3) is 5.91 Å². The van der Waals surface area contributed by atoms with E-state index in [4.69, 9.17) is 4.42 Å². The van der Waals surface area contributed by atoms with Gasteiger partial charge in [0.05, 0.1) is 23.2 Å². The summed E-state index contributed by atoms with van der Waals surface area (Å²) in [4.78, 5) is 19.2. The van der Waals surface area contributed by atoms with Gasteiger partial charge in [0.15, 0.2) is 5.76 Å². The Labute approximate surface area is 143 Å². The van der Waals surface area contributed by atoms with Crippen molar-refractivity contribution in [3.8, 4) is 11.5 Å². The molecule has 0 saturated carbocycles. The number of likely N-dealkylation sites (tertiary alicyclic amines) is 1. The third-order valence-corrected chi connectivity index (χ3v) is 5.09. The summed E-state index contributed by atoms with van der Waals surface area (Å²) in [5, 5.41) is 7.17. The summed E-state index contributed by atoms with van der Waals surface area (Å²) in [7, 11) is 0. The molecular formula is C17H18N4O2S. The Morgan fingerprint density at radius 1 is 1.50 bits per heavy atom. The molecule has 0 aromatic carbocycles. The molecule has 0 bridgehead atoms. The van der Waals surface area contributed by atoms with Crippen LogP contribution in [0.1, 0.15) is 28.2 Å². The minimum absolute atomic E-state index is 0.0200. The maximum Gasteiger partial charge on any atom is 0.257 e. The summed E-state index contributed by atoms with van der Waals surface area (Å²) >= 11 is 1.57. The number of thiazole rings is 1. The van der Waals surface area contributed by atoms with Crippen LogP contribution in [0.4, 0.5) is 0 Å². The highest BCUT2D eigenvalue weighted by atomic mass is 32.1. The van der Waals surface area contributed by atoms with Gasteiger partial charge in [-0.05, 0) is 31.9 Å². The molecule has 1 fully saturated rings. The van der Waals surface area contributed by atoms with E-state index in [0.717, 1.165) is 36.6 Å². The molecule has 24 heavy (non-hydrogen) atoms. The largest absolute Gasteiger partial charge is 0.462 e. The lowest BCUT2D eigenvalue weighted by molar-refractivity contribution is 0.0721. The molecule has 124 valence electrons. The molecule has 1 unspecified atom stereocenters. The quantitative estimate of drug-likeness (QED) is 0.730. The minimum atomic E-state index is 0.0200. The lowest BCUT2D eigenvalue weighted by Gasteiger charge is -2.24. The fourth-order valence-electron chi connectivity index (χ4n) is 3.14. The van der Waals surface area contributed by atoms with Crippen LogP contribution in [0, 0.1) is 6.92 Å². The number of rotatable bonds is 4. The van der Waals surface area contributed by atoms with E-state index in [9.17, 15) is 4.79 Å². The van der Waals surface area contributed by atoms with Gasteiger partial charge in [0, 0.05) is 24.3 Å². The summed E-state index contributed by atoms with van der Waals surface area (Å²) in [6.07, 6.45) is 7.26. The van der Waals surface area contributed by atoms with E-state index < -0.39 is 0 Å². The van der Waals surface area contributed by atoms with E-state index in [2.05, 4.69) is 10.1 Å². The van der Waals surface area contributed by atoms with Crippen molar-refractivity contribution in [3.63, 3.8) is 0 Å². The fourth-order valence-corrected chi connectivity index (χ4v) is 3.74. The van der Waals surface area contributed by atoms with Crippen LogP contribution in [0.15, 0.2) is 40.6 Å². The Kier molecular flexibility index (Phi) is 3.93. The van der Waals surface area contributed by atoms with Gasteiger partial charge in [-0.3, -0.25) is 9.48 Å². The highest BCUT2D eigenvalue weighted by Gasteiger charge is 2.30. The van der Waals surface area contributed by atoms with Crippen molar-refractivity contribution in [1.82, 2.24) is 19.7 Å². The van der Waals surface area contributed by atoms with Gasteiger partial charge in [0.2, 0.25) is 0 Å². The monoisotopic (exact) mass is 342 g/mol. The lowest BCUT2D eigenvalue weighted by atomic mass is 10.2. The third kappa shape index (κ3) is 2.87. The molecule has 4 heterocycles. The molecule has 1 saturated heterocycles. The number of aromatic nitrogens is 3. The highest BCUT2D eigenvalue weighted by molar-refractivity contribution is 7.09. The molecule has 3 aromatic rings. The molecule has 0 spiro atoms. The molecule has 7 heteroatoms. The van der Waals surface area contributed by atoms with Crippen LogP contribution in [0.2, 0.25) is 0 Å². The average Bonchev–Trinajstić information content (AvgIpc) is 3.35. The second-order valence-electron chi connectivity index (χ2n) is 5.97. The van der Waals surface area contributed by atoms with Crippen LogP contribution < -0.4 is 0 Å². The summed E-state index contributed by atoms with van der Waals surface area (Å²) in [5.41, 5.74) is 1.37. The highest BCUT2D eigenvalue weighted by Crippen LogP contribution is 2.26. The van der Waals surface area contributed by atoms with Crippen molar-refractivity contribution >= 4 is 17.2 Å². The predicted octanol–water partition coefficient (Wildman–Crippen LogP) is 3.21. The molecular weight excluding hydrogens is 324 g/mol. The van der Waals surface area contributed by atoms with Crippen molar-refractivity contribution < 1.29 is 9.21 Å². The van der Waals surface area contributed by atoms with E-state index in [1.165, 1.54) is 6.26 Å².